The van der Waals surface area contributed by atoms with Gasteiger partial charge in [0.25, 0.3) is 0 Å². The largest absolute Gasteiger partial charge is 0.370 e. The van der Waals surface area contributed by atoms with E-state index in [1.165, 1.54) is 0 Å². The van der Waals surface area contributed by atoms with Crippen LogP contribution in [0.5, 0.6) is 0 Å². The van der Waals surface area contributed by atoms with E-state index in [1.807, 2.05) is 13.8 Å². The first-order valence-electron chi connectivity index (χ1n) is 3.77. The maximum absolute atomic E-state index is 11.0. The van der Waals surface area contributed by atoms with E-state index in [1.54, 1.807) is 0 Å². The van der Waals surface area contributed by atoms with Crippen molar-refractivity contribution in [1.82, 2.24) is 5.32 Å². The van der Waals surface area contributed by atoms with Gasteiger partial charge in [0.2, 0.25) is 11.8 Å². The van der Waals surface area contributed by atoms with E-state index in [9.17, 15) is 9.59 Å². The molecule has 5 heteroatoms. The van der Waals surface area contributed by atoms with Crippen molar-refractivity contribution in [2.24, 2.45) is 11.5 Å². The standard InChI is InChI=1S/C7H15N3O2/c1-4(2)10-7(12)5(8)3-6(9)11/h4-5H,3,8H2,1-2H3,(H2,9,11)(H,10,12)/t5-/m1/s1. The molecule has 0 rings (SSSR count). The lowest BCUT2D eigenvalue weighted by molar-refractivity contribution is -0.126. The Hall–Kier alpha value is -1.10. The molecular weight excluding hydrogens is 158 g/mol. The molecule has 0 aliphatic rings. The number of amides is 2. The highest BCUT2D eigenvalue weighted by atomic mass is 16.2. The molecule has 0 radical (unpaired) electrons. The summed E-state index contributed by atoms with van der Waals surface area (Å²) in [4.78, 5) is 21.4. The molecule has 0 aromatic carbocycles. The molecule has 0 unspecified atom stereocenters. The van der Waals surface area contributed by atoms with Gasteiger partial charge < -0.3 is 16.8 Å². The summed E-state index contributed by atoms with van der Waals surface area (Å²) in [5.41, 5.74) is 10.2. The Bertz CT molecular complexity index is 179. The molecule has 1 atom stereocenters. The van der Waals surface area contributed by atoms with Gasteiger partial charge in [0.1, 0.15) is 0 Å². The summed E-state index contributed by atoms with van der Waals surface area (Å²) in [6.07, 6.45) is -0.113. The number of primary amides is 1. The SMILES string of the molecule is CC(C)NC(=O)[C@H](N)CC(N)=O. The van der Waals surface area contributed by atoms with Crippen molar-refractivity contribution in [2.45, 2.75) is 32.4 Å². The van der Waals surface area contributed by atoms with Crippen LogP contribution in [-0.4, -0.2) is 23.9 Å². The predicted octanol–water partition coefficient (Wildman–Crippen LogP) is -1.29. The third-order valence-corrected chi connectivity index (χ3v) is 1.19. The lowest BCUT2D eigenvalue weighted by Gasteiger charge is -2.12. The molecule has 0 fully saturated rings. The molecule has 0 bridgehead atoms. The second-order valence-corrected chi connectivity index (χ2v) is 2.94. The fourth-order valence-corrected chi connectivity index (χ4v) is 0.701. The van der Waals surface area contributed by atoms with Crippen LogP contribution in [0, 0.1) is 0 Å². The van der Waals surface area contributed by atoms with Crippen LogP contribution in [0.1, 0.15) is 20.3 Å². The Morgan fingerprint density at radius 3 is 2.25 bits per heavy atom. The third kappa shape index (κ3) is 4.68. The van der Waals surface area contributed by atoms with Gasteiger partial charge in [-0.25, -0.2) is 0 Å². The molecule has 70 valence electrons. The van der Waals surface area contributed by atoms with E-state index in [0.717, 1.165) is 0 Å². The molecule has 0 aromatic rings. The van der Waals surface area contributed by atoms with Crippen LogP contribution in [0.3, 0.4) is 0 Å². The van der Waals surface area contributed by atoms with Crippen molar-refractivity contribution in [3.63, 3.8) is 0 Å². The van der Waals surface area contributed by atoms with Gasteiger partial charge in [-0.2, -0.15) is 0 Å². The lowest BCUT2D eigenvalue weighted by atomic mass is 10.2. The van der Waals surface area contributed by atoms with E-state index in [-0.39, 0.29) is 18.4 Å². The highest BCUT2D eigenvalue weighted by Gasteiger charge is 2.15. The summed E-state index contributed by atoms with van der Waals surface area (Å²) < 4.78 is 0. The van der Waals surface area contributed by atoms with Crippen molar-refractivity contribution >= 4 is 11.8 Å². The molecular formula is C7H15N3O2. The van der Waals surface area contributed by atoms with Crippen LogP contribution in [-0.2, 0) is 9.59 Å². The number of nitrogens with one attached hydrogen (secondary N) is 1. The summed E-state index contributed by atoms with van der Waals surface area (Å²) in [5.74, 6) is -0.912. The van der Waals surface area contributed by atoms with Gasteiger partial charge in [-0.1, -0.05) is 0 Å². The maximum Gasteiger partial charge on any atom is 0.237 e. The summed E-state index contributed by atoms with van der Waals surface area (Å²) >= 11 is 0. The summed E-state index contributed by atoms with van der Waals surface area (Å²) in [7, 11) is 0. The number of carbonyl (C=O) groups is 2. The van der Waals surface area contributed by atoms with Gasteiger partial charge in [-0.15, -0.1) is 0 Å². The van der Waals surface area contributed by atoms with Crippen molar-refractivity contribution in [1.29, 1.82) is 0 Å². The Morgan fingerprint density at radius 1 is 1.42 bits per heavy atom. The van der Waals surface area contributed by atoms with E-state index >= 15 is 0 Å². The first kappa shape index (κ1) is 10.9. The number of nitrogens with two attached hydrogens (primary N) is 2. The van der Waals surface area contributed by atoms with Crippen LogP contribution >= 0.6 is 0 Å². The minimum atomic E-state index is -0.829. The second-order valence-electron chi connectivity index (χ2n) is 2.94. The van der Waals surface area contributed by atoms with Gasteiger partial charge in [0, 0.05) is 6.04 Å². The average molecular weight is 173 g/mol. The second kappa shape index (κ2) is 4.71. The Kier molecular flexibility index (Phi) is 4.28. The van der Waals surface area contributed by atoms with Crippen molar-refractivity contribution in [3.8, 4) is 0 Å². The van der Waals surface area contributed by atoms with Crippen LogP contribution in [0.4, 0.5) is 0 Å². The van der Waals surface area contributed by atoms with Crippen LogP contribution in [0.15, 0.2) is 0 Å². The normalized spacial score (nSPS) is 12.7. The lowest BCUT2D eigenvalue weighted by Crippen LogP contribution is -2.45. The predicted molar refractivity (Wildman–Crippen MR) is 45.1 cm³/mol. The molecule has 12 heavy (non-hydrogen) atoms. The van der Waals surface area contributed by atoms with Crippen LogP contribution < -0.4 is 16.8 Å². The zero-order valence-electron chi connectivity index (χ0n) is 7.33. The Morgan fingerprint density at radius 2 is 1.92 bits per heavy atom. The van der Waals surface area contributed by atoms with Gasteiger partial charge >= 0.3 is 0 Å². The molecule has 0 aromatic heterocycles. The molecule has 0 spiro atoms. The van der Waals surface area contributed by atoms with E-state index in [2.05, 4.69) is 5.32 Å². The van der Waals surface area contributed by atoms with Gasteiger partial charge in [-0.05, 0) is 13.8 Å². The highest BCUT2D eigenvalue weighted by molar-refractivity contribution is 5.87. The molecule has 5 N–H and O–H groups in total. The van der Waals surface area contributed by atoms with Crippen LogP contribution in [0.2, 0.25) is 0 Å². The fourth-order valence-electron chi connectivity index (χ4n) is 0.701. The van der Waals surface area contributed by atoms with E-state index in [0.29, 0.717) is 0 Å². The molecule has 5 nitrogen and oxygen atoms in total. The molecule has 0 saturated carbocycles. The van der Waals surface area contributed by atoms with Crippen molar-refractivity contribution < 1.29 is 9.59 Å². The van der Waals surface area contributed by atoms with Crippen molar-refractivity contribution in [2.75, 3.05) is 0 Å². The summed E-state index contributed by atoms with van der Waals surface area (Å²) in [6, 6.07) is -0.804. The topological polar surface area (TPSA) is 98.2 Å². The first-order chi connectivity index (χ1) is 5.43. The number of carbonyl (C=O) groups excluding carboxylic acids is 2. The summed E-state index contributed by atoms with van der Waals surface area (Å²) in [6.45, 7) is 3.63. The minimum Gasteiger partial charge on any atom is -0.370 e. The zero-order chi connectivity index (χ0) is 9.72. The molecule has 0 heterocycles. The van der Waals surface area contributed by atoms with Gasteiger partial charge in [0.05, 0.1) is 12.5 Å². The zero-order valence-corrected chi connectivity index (χ0v) is 7.33. The Balaban J connectivity index is 3.85. The molecule has 0 aliphatic carbocycles. The number of rotatable bonds is 4. The van der Waals surface area contributed by atoms with Crippen LogP contribution in [0.25, 0.3) is 0 Å². The van der Waals surface area contributed by atoms with E-state index < -0.39 is 11.9 Å². The van der Waals surface area contributed by atoms with Crippen molar-refractivity contribution in [3.05, 3.63) is 0 Å². The average Bonchev–Trinajstić information content (AvgIpc) is 1.84. The monoisotopic (exact) mass is 173 g/mol. The third-order valence-electron chi connectivity index (χ3n) is 1.19. The smallest absolute Gasteiger partial charge is 0.237 e. The highest BCUT2D eigenvalue weighted by Crippen LogP contribution is 1.88. The molecule has 0 saturated heterocycles. The molecule has 0 aliphatic heterocycles. The number of hydrogen-bond acceptors (Lipinski definition) is 3. The number of hydrogen-bond donors (Lipinski definition) is 3. The van der Waals surface area contributed by atoms with Gasteiger partial charge in [-0.3, -0.25) is 9.59 Å². The van der Waals surface area contributed by atoms with Gasteiger partial charge in [0.15, 0.2) is 0 Å². The maximum atomic E-state index is 11.0. The minimum absolute atomic E-state index is 0.0245. The first-order valence-corrected chi connectivity index (χ1v) is 3.77. The quantitative estimate of drug-likeness (QED) is 0.493. The summed E-state index contributed by atoms with van der Waals surface area (Å²) in [5, 5.41) is 2.58. The molecule has 2 amide bonds. The fraction of sp³-hybridized carbons (Fsp3) is 0.714. The van der Waals surface area contributed by atoms with E-state index in [4.69, 9.17) is 11.5 Å². The Labute approximate surface area is 71.5 Å².